The minimum atomic E-state index is -1.00. The van der Waals surface area contributed by atoms with Crippen LogP contribution >= 0.6 is 22.7 Å². The number of nitrogens with zero attached hydrogens (tertiary/aromatic N) is 1. The second kappa shape index (κ2) is 6.23. The molecule has 0 bridgehead atoms. The summed E-state index contributed by atoms with van der Waals surface area (Å²) in [6.45, 7) is 3.40. The van der Waals surface area contributed by atoms with Crippen molar-refractivity contribution in [2.75, 3.05) is 7.11 Å². The van der Waals surface area contributed by atoms with Crippen LogP contribution in [0.25, 0.3) is 0 Å². The summed E-state index contributed by atoms with van der Waals surface area (Å²) in [4.78, 5) is 28.1. The van der Waals surface area contributed by atoms with Gasteiger partial charge in [-0.05, 0) is 25.3 Å². The van der Waals surface area contributed by atoms with Crippen LogP contribution in [0.4, 0.5) is 0 Å². The van der Waals surface area contributed by atoms with Crippen LogP contribution in [0.2, 0.25) is 0 Å². The Morgan fingerprint density at radius 1 is 1.43 bits per heavy atom. The Hall–Kier alpha value is -1.93. The number of thiazole rings is 1. The Morgan fingerprint density at radius 2 is 2.14 bits per heavy atom. The standard InChI is InChI=1S/C13H14N2O4S2/c1-6-9(13(17)18)21-12(15-6)7(2)14-11(16)10-8(19-3)4-5-20-10/h4-5,7H,1-3H3,(H,14,16)(H,17,18). The number of amides is 1. The molecule has 0 aliphatic heterocycles. The van der Waals surface area contributed by atoms with Crippen LogP contribution in [0.3, 0.4) is 0 Å². The number of carbonyl (C=O) groups excluding carboxylic acids is 1. The number of hydrogen-bond acceptors (Lipinski definition) is 6. The largest absolute Gasteiger partial charge is 0.495 e. The van der Waals surface area contributed by atoms with E-state index in [4.69, 9.17) is 9.84 Å². The maximum Gasteiger partial charge on any atom is 0.347 e. The second-order valence-electron chi connectivity index (χ2n) is 4.29. The molecule has 0 fully saturated rings. The van der Waals surface area contributed by atoms with Crippen LogP contribution in [0.15, 0.2) is 11.4 Å². The fraction of sp³-hybridized carbons (Fsp3) is 0.308. The molecule has 0 saturated heterocycles. The molecule has 6 nitrogen and oxygen atoms in total. The van der Waals surface area contributed by atoms with Gasteiger partial charge >= 0.3 is 5.97 Å². The molecule has 2 rings (SSSR count). The van der Waals surface area contributed by atoms with Gasteiger partial charge in [-0.2, -0.15) is 0 Å². The van der Waals surface area contributed by atoms with E-state index in [1.165, 1.54) is 18.4 Å². The zero-order valence-electron chi connectivity index (χ0n) is 11.7. The lowest BCUT2D eigenvalue weighted by Crippen LogP contribution is -2.26. The summed E-state index contributed by atoms with van der Waals surface area (Å²) in [6, 6.07) is 1.35. The van der Waals surface area contributed by atoms with Gasteiger partial charge in [-0.15, -0.1) is 22.7 Å². The van der Waals surface area contributed by atoms with Gasteiger partial charge in [0, 0.05) is 0 Å². The molecule has 0 radical (unpaired) electrons. The van der Waals surface area contributed by atoms with Gasteiger partial charge in [-0.25, -0.2) is 9.78 Å². The van der Waals surface area contributed by atoms with E-state index in [-0.39, 0.29) is 16.8 Å². The minimum absolute atomic E-state index is 0.194. The minimum Gasteiger partial charge on any atom is -0.495 e. The van der Waals surface area contributed by atoms with Crippen molar-refractivity contribution < 1.29 is 19.4 Å². The number of carboxylic acids is 1. The van der Waals surface area contributed by atoms with Crippen molar-refractivity contribution >= 4 is 34.6 Å². The van der Waals surface area contributed by atoms with E-state index in [1.54, 1.807) is 25.3 Å². The van der Waals surface area contributed by atoms with E-state index in [2.05, 4.69) is 10.3 Å². The molecule has 2 heterocycles. The number of methoxy groups -OCH3 is 1. The molecule has 21 heavy (non-hydrogen) atoms. The molecule has 1 unspecified atom stereocenters. The Morgan fingerprint density at radius 3 is 2.71 bits per heavy atom. The smallest absolute Gasteiger partial charge is 0.347 e. The fourth-order valence-corrected chi connectivity index (χ4v) is 3.42. The third-order valence-corrected chi connectivity index (χ3v) is 5.00. The van der Waals surface area contributed by atoms with Crippen molar-refractivity contribution in [3.8, 4) is 5.75 Å². The van der Waals surface area contributed by atoms with E-state index in [9.17, 15) is 9.59 Å². The highest BCUT2D eigenvalue weighted by atomic mass is 32.1. The Bertz CT molecular complexity index is 678. The zero-order chi connectivity index (χ0) is 15.6. The van der Waals surface area contributed by atoms with Crippen LogP contribution in [-0.2, 0) is 0 Å². The first-order valence-electron chi connectivity index (χ1n) is 6.07. The lowest BCUT2D eigenvalue weighted by molar-refractivity contribution is 0.0701. The second-order valence-corrected chi connectivity index (χ2v) is 6.23. The molecule has 2 aromatic rings. The summed E-state index contributed by atoms with van der Waals surface area (Å²) in [6.07, 6.45) is 0. The zero-order valence-corrected chi connectivity index (χ0v) is 13.3. The number of thiophene rings is 1. The Labute approximate surface area is 129 Å². The van der Waals surface area contributed by atoms with E-state index in [1.807, 2.05) is 0 Å². The number of carboxylic acid groups (broad SMARTS) is 1. The molecule has 0 aromatic carbocycles. The molecular weight excluding hydrogens is 312 g/mol. The summed E-state index contributed by atoms with van der Waals surface area (Å²) in [7, 11) is 1.51. The molecule has 112 valence electrons. The maximum absolute atomic E-state index is 12.2. The lowest BCUT2D eigenvalue weighted by Gasteiger charge is -2.11. The third kappa shape index (κ3) is 3.22. The fourth-order valence-electron chi connectivity index (χ4n) is 1.75. The van der Waals surface area contributed by atoms with Crippen molar-refractivity contribution in [3.05, 3.63) is 31.9 Å². The third-order valence-electron chi connectivity index (χ3n) is 2.78. The molecule has 0 spiro atoms. The predicted molar refractivity (Wildman–Crippen MR) is 80.6 cm³/mol. The van der Waals surface area contributed by atoms with Crippen molar-refractivity contribution in [2.45, 2.75) is 19.9 Å². The monoisotopic (exact) mass is 326 g/mol. The van der Waals surface area contributed by atoms with Gasteiger partial charge in [-0.1, -0.05) is 0 Å². The summed E-state index contributed by atoms with van der Waals surface area (Å²) in [5, 5.41) is 14.2. The molecule has 1 amide bonds. The van der Waals surface area contributed by atoms with Crippen LogP contribution in [-0.4, -0.2) is 29.1 Å². The number of aromatic carboxylic acids is 1. The number of ether oxygens (including phenoxy) is 1. The summed E-state index contributed by atoms with van der Waals surface area (Å²) in [5.74, 6) is -0.750. The van der Waals surface area contributed by atoms with Crippen LogP contribution in [0, 0.1) is 6.92 Å². The highest BCUT2D eigenvalue weighted by Gasteiger charge is 2.21. The summed E-state index contributed by atoms with van der Waals surface area (Å²) in [5.41, 5.74) is 0.456. The topological polar surface area (TPSA) is 88.5 Å². The van der Waals surface area contributed by atoms with E-state index in [0.29, 0.717) is 21.3 Å². The van der Waals surface area contributed by atoms with Gasteiger partial charge < -0.3 is 15.2 Å². The average Bonchev–Trinajstić information content (AvgIpc) is 3.04. The van der Waals surface area contributed by atoms with Gasteiger partial charge in [0.1, 0.15) is 20.5 Å². The van der Waals surface area contributed by atoms with Crippen LogP contribution in [0.1, 0.15) is 43.0 Å². The van der Waals surface area contributed by atoms with E-state index >= 15 is 0 Å². The summed E-state index contributed by atoms with van der Waals surface area (Å²) < 4.78 is 5.11. The number of rotatable bonds is 5. The number of aromatic nitrogens is 1. The van der Waals surface area contributed by atoms with E-state index < -0.39 is 5.97 Å². The molecule has 2 N–H and O–H groups in total. The highest BCUT2D eigenvalue weighted by molar-refractivity contribution is 7.14. The molecule has 2 aromatic heterocycles. The molecular formula is C13H14N2O4S2. The Balaban J connectivity index is 2.14. The van der Waals surface area contributed by atoms with Crippen LogP contribution in [0.5, 0.6) is 5.75 Å². The first-order valence-corrected chi connectivity index (χ1v) is 7.76. The molecule has 0 aliphatic carbocycles. The van der Waals surface area contributed by atoms with Crippen molar-refractivity contribution in [1.82, 2.24) is 10.3 Å². The first-order chi connectivity index (χ1) is 9.93. The molecule has 8 heteroatoms. The molecule has 0 saturated carbocycles. The molecule has 0 aliphatic rings. The summed E-state index contributed by atoms with van der Waals surface area (Å²) >= 11 is 2.36. The highest BCUT2D eigenvalue weighted by Crippen LogP contribution is 2.27. The normalized spacial score (nSPS) is 12.0. The molecule has 1 atom stereocenters. The number of nitrogens with one attached hydrogen (secondary N) is 1. The van der Waals surface area contributed by atoms with Crippen molar-refractivity contribution in [1.29, 1.82) is 0 Å². The van der Waals surface area contributed by atoms with Crippen molar-refractivity contribution in [2.24, 2.45) is 0 Å². The van der Waals surface area contributed by atoms with Gasteiger partial charge in [0.25, 0.3) is 5.91 Å². The van der Waals surface area contributed by atoms with Gasteiger partial charge in [0.2, 0.25) is 0 Å². The van der Waals surface area contributed by atoms with E-state index in [0.717, 1.165) is 11.3 Å². The number of aryl methyl sites for hydroxylation is 1. The Kier molecular flexibility index (Phi) is 4.59. The average molecular weight is 326 g/mol. The SMILES string of the molecule is COc1ccsc1C(=O)NC(C)c1nc(C)c(C(=O)O)s1. The maximum atomic E-state index is 12.2. The van der Waals surface area contributed by atoms with Gasteiger partial charge in [0.15, 0.2) is 0 Å². The van der Waals surface area contributed by atoms with Gasteiger partial charge in [-0.3, -0.25) is 4.79 Å². The first kappa shape index (κ1) is 15.5. The quantitative estimate of drug-likeness (QED) is 0.882. The number of hydrogen-bond donors (Lipinski definition) is 2. The van der Waals surface area contributed by atoms with Gasteiger partial charge in [0.05, 0.1) is 18.8 Å². The predicted octanol–water partition coefficient (Wildman–Crippen LogP) is 2.71. The van der Waals surface area contributed by atoms with Crippen LogP contribution < -0.4 is 10.1 Å². The van der Waals surface area contributed by atoms with Crippen molar-refractivity contribution in [3.63, 3.8) is 0 Å². The lowest BCUT2D eigenvalue weighted by atomic mass is 10.3. The number of carbonyl (C=O) groups is 2.